The molecule has 1 N–H and O–H groups in total. The van der Waals surface area contributed by atoms with E-state index in [0.29, 0.717) is 31.7 Å². The Balaban J connectivity index is 1.81. The average molecular weight is 290 g/mol. The molecule has 2 rings (SSSR count). The van der Waals surface area contributed by atoms with Crippen molar-refractivity contribution in [3.8, 4) is 0 Å². The van der Waals surface area contributed by atoms with E-state index in [4.69, 9.17) is 9.52 Å². The molecule has 21 heavy (non-hydrogen) atoms. The van der Waals surface area contributed by atoms with Crippen molar-refractivity contribution < 1.29 is 19.1 Å². The van der Waals surface area contributed by atoms with E-state index >= 15 is 0 Å². The van der Waals surface area contributed by atoms with Crippen LogP contribution in [0.2, 0.25) is 0 Å². The molecule has 6 heteroatoms. The number of hydrogen-bond acceptors (Lipinski definition) is 4. The molecule has 112 valence electrons. The van der Waals surface area contributed by atoms with Crippen LogP contribution in [0.3, 0.4) is 0 Å². The van der Waals surface area contributed by atoms with Crippen LogP contribution in [0.5, 0.6) is 0 Å². The molecule has 1 heterocycles. The number of carboxylic acids is 1. The van der Waals surface area contributed by atoms with Crippen molar-refractivity contribution >= 4 is 23.0 Å². The van der Waals surface area contributed by atoms with Gasteiger partial charge in [0.2, 0.25) is 5.91 Å². The van der Waals surface area contributed by atoms with E-state index in [1.54, 1.807) is 11.9 Å². The molecule has 0 aliphatic rings. The molecular formula is C15H18N2O4. The van der Waals surface area contributed by atoms with Gasteiger partial charge < -0.3 is 14.4 Å². The van der Waals surface area contributed by atoms with Crippen LogP contribution in [0, 0.1) is 0 Å². The Morgan fingerprint density at radius 3 is 2.76 bits per heavy atom. The van der Waals surface area contributed by atoms with Crippen molar-refractivity contribution in [2.24, 2.45) is 0 Å². The van der Waals surface area contributed by atoms with E-state index in [1.807, 2.05) is 24.3 Å². The summed E-state index contributed by atoms with van der Waals surface area (Å²) in [7, 11) is 1.68. The van der Waals surface area contributed by atoms with Gasteiger partial charge in [-0.3, -0.25) is 9.59 Å². The van der Waals surface area contributed by atoms with Gasteiger partial charge in [0.15, 0.2) is 11.5 Å². The van der Waals surface area contributed by atoms with Crippen LogP contribution in [-0.2, 0) is 16.0 Å². The third kappa shape index (κ3) is 4.30. The predicted molar refractivity (Wildman–Crippen MR) is 76.8 cm³/mol. The number of aromatic nitrogens is 1. The van der Waals surface area contributed by atoms with Gasteiger partial charge in [0.05, 0.1) is 0 Å². The summed E-state index contributed by atoms with van der Waals surface area (Å²) in [6, 6.07) is 7.46. The Morgan fingerprint density at radius 2 is 2.05 bits per heavy atom. The van der Waals surface area contributed by atoms with Crippen LogP contribution >= 0.6 is 0 Å². The molecule has 0 aliphatic carbocycles. The average Bonchev–Trinajstić information content (AvgIpc) is 2.87. The molecule has 1 aromatic carbocycles. The number of carbonyl (C=O) groups is 2. The highest BCUT2D eigenvalue weighted by molar-refractivity contribution is 5.76. The van der Waals surface area contributed by atoms with Crippen LogP contribution in [0.25, 0.3) is 11.1 Å². The lowest BCUT2D eigenvalue weighted by atomic mass is 10.2. The summed E-state index contributed by atoms with van der Waals surface area (Å²) in [5.74, 6) is -0.339. The Kier molecular flexibility index (Phi) is 4.92. The van der Waals surface area contributed by atoms with Crippen molar-refractivity contribution in [3.05, 3.63) is 30.2 Å². The number of oxazole rings is 1. The molecule has 0 fully saturated rings. The number of carboxylic acid groups (broad SMARTS) is 1. The summed E-state index contributed by atoms with van der Waals surface area (Å²) in [6.45, 7) is 0.443. The summed E-state index contributed by atoms with van der Waals surface area (Å²) in [6.07, 6.45) is 1.27. The minimum Gasteiger partial charge on any atom is -0.481 e. The van der Waals surface area contributed by atoms with Crippen LogP contribution < -0.4 is 0 Å². The standard InChI is InChI=1S/C15H18N2O4/c1-17(10-4-7-15(19)20)14(18)9-8-13-16-11-5-2-3-6-12(11)21-13/h2-3,5-6H,4,7-10H2,1H3,(H,19,20). The lowest BCUT2D eigenvalue weighted by molar-refractivity contribution is -0.138. The highest BCUT2D eigenvalue weighted by atomic mass is 16.4. The van der Waals surface area contributed by atoms with E-state index in [1.165, 1.54) is 0 Å². The van der Waals surface area contributed by atoms with Crippen LogP contribution in [-0.4, -0.2) is 40.5 Å². The number of aryl methyl sites for hydroxylation is 1. The molecule has 2 aromatic rings. The van der Waals surface area contributed by atoms with Gasteiger partial charge in [-0.1, -0.05) is 12.1 Å². The maximum Gasteiger partial charge on any atom is 0.303 e. The fourth-order valence-corrected chi connectivity index (χ4v) is 2.02. The zero-order chi connectivity index (χ0) is 15.2. The summed E-state index contributed by atoms with van der Waals surface area (Å²) in [5.41, 5.74) is 1.50. The SMILES string of the molecule is CN(CCCC(=O)O)C(=O)CCc1nc2ccccc2o1. The van der Waals surface area contributed by atoms with Gasteiger partial charge in [-0.05, 0) is 18.6 Å². The summed E-state index contributed by atoms with van der Waals surface area (Å²) < 4.78 is 5.55. The monoisotopic (exact) mass is 290 g/mol. The van der Waals surface area contributed by atoms with E-state index in [0.717, 1.165) is 11.1 Å². The van der Waals surface area contributed by atoms with Crippen molar-refractivity contribution in [2.75, 3.05) is 13.6 Å². The lowest BCUT2D eigenvalue weighted by Gasteiger charge is -2.15. The first-order valence-corrected chi connectivity index (χ1v) is 6.86. The molecule has 1 amide bonds. The van der Waals surface area contributed by atoms with E-state index in [-0.39, 0.29) is 12.3 Å². The number of hydrogen-bond donors (Lipinski definition) is 1. The van der Waals surface area contributed by atoms with E-state index in [9.17, 15) is 9.59 Å². The first-order chi connectivity index (χ1) is 10.1. The Bertz CT molecular complexity index is 602. The molecule has 0 spiro atoms. The molecule has 0 atom stereocenters. The minimum atomic E-state index is -0.845. The highest BCUT2D eigenvalue weighted by Crippen LogP contribution is 2.15. The Labute approximate surface area is 122 Å². The van der Waals surface area contributed by atoms with Crippen LogP contribution in [0.15, 0.2) is 28.7 Å². The number of amides is 1. The predicted octanol–water partition coefficient (Wildman–Crippen LogP) is 2.08. The van der Waals surface area contributed by atoms with Crippen molar-refractivity contribution in [3.63, 3.8) is 0 Å². The fraction of sp³-hybridized carbons (Fsp3) is 0.400. The highest BCUT2D eigenvalue weighted by Gasteiger charge is 2.12. The van der Waals surface area contributed by atoms with Crippen molar-refractivity contribution in [2.45, 2.75) is 25.7 Å². The second-order valence-corrected chi connectivity index (χ2v) is 4.89. The van der Waals surface area contributed by atoms with Gasteiger partial charge in [-0.15, -0.1) is 0 Å². The van der Waals surface area contributed by atoms with Gasteiger partial charge in [0.25, 0.3) is 0 Å². The number of para-hydroxylation sites is 2. The maximum absolute atomic E-state index is 11.9. The van der Waals surface area contributed by atoms with Gasteiger partial charge >= 0.3 is 5.97 Å². The van der Waals surface area contributed by atoms with E-state index in [2.05, 4.69) is 4.98 Å². The largest absolute Gasteiger partial charge is 0.481 e. The lowest BCUT2D eigenvalue weighted by Crippen LogP contribution is -2.28. The Morgan fingerprint density at radius 1 is 1.29 bits per heavy atom. The molecule has 6 nitrogen and oxygen atoms in total. The first-order valence-electron chi connectivity index (χ1n) is 6.86. The number of carbonyl (C=O) groups excluding carboxylic acids is 1. The summed E-state index contributed by atoms with van der Waals surface area (Å²) in [5, 5.41) is 8.56. The molecule has 0 bridgehead atoms. The smallest absolute Gasteiger partial charge is 0.303 e. The number of fused-ring (bicyclic) bond motifs is 1. The number of benzene rings is 1. The molecule has 0 aliphatic heterocycles. The van der Waals surface area contributed by atoms with Gasteiger partial charge in [-0.25, -0.2) is 4.98 Å². The summed E-state index contributed by atoms with van der Waals surface area (Å²) >= 11 is 0. The van der Waals surface area contributed by atoms with Crippen LogP contribution in [0.4, 0.5) is 0 Å². The Hall–Kier alpha value is -2.37. The number of rotatable bonds is 7. The molecule has 0 unspecified atom stereocenters. The fourth-order valence-electron chi connectivity index (χ4n) is 2.02. The zero-order valence-corrected chi connectivity index (χ0v) is 11.9. The van der Waals surface area contributed by atoms with Gasteiger partial charge in [0.1, 0.15) is 5.52 Å². The van der Waals surface area contributed by atoms with Crippen LogP contribution in [0.1, 0.15) is 25.2 Å². The minimum absolute atomic E-state index is 0.0392. The maximum atomic E-state index is 11.9. The molecule has 1 aromatic heterocycles. The van der Waals surface area contributed by atoms with Crippen molar-refractivity contribution in [1.29, 1.82) is 0 Å². The van der Waals surface area contributed by atoms with Crippen molar-refractivity contribution in [1.82, 2.24) is 9.88 Å². The second kappa shape index (κ2) is 6.88. The normalized spacial score (nSPS) is 10.7. The summed E-state index contributed by atoms with van der Waals surface area (Å²) in [4.78, 5) is 28.2. The number of nitrogens with zero attached hydrogens (tertiary/aromatic N) is 2. The molecule has 0 saturated heterocycles. The quantitative estimate of drug-likeness (QED) is 0.844. The van der Waals surface area contributed by atoms with Gasteiger partial charge in [0, 0.05) is 32.9 Å². The van der Waals surface area contributed by atoms with E-state index < -0.39 is 5.97 Å². The topological polar surface area (TPSA) is 83.6 Å². The number of aliphatic carboxylic acids is 1. The molecular weight excluding hydrogens is 272 g/mol. The molecule has 0 saturated carbocycles. The third-order valence-corrected chi connectivity index (χ3v) is 3.20. The second-order valence-electron chi connectivity index (χ2n) is 4.89. The molecule has 0 radical (unpaired) electrons. The third-order valence-electron chi connectivity index (χ3n) is 3.20. The first kappa shape index (κ1) is 15.0. The zero-order valence-electron chi connectivity index (χ0n) is 11.9. The van der Waals surface area contributed by atoms with Gasteiger partial charge in [-0.2, -0.15) is 0 Å².